The van der Waals surface area contributed by atoms with Crippen LogP contribution in [0.1, 0.15) is 20.7 Å². The quantitative estimate of drug-likeness (QED) is 0.0778. The predicted molar refractivity (Wildman–Crippen MR) is 151 cm³/mol. The van der Waals surface area contributed by atoms with Crippen LogP contribution in [0, 0.1) is 0 Å². The average Bonchev–Trinajstić information content (AvgIpc) is 3.02. The molecule has 0 fully saturated rings. The first-order valence-corrected chi connectivity index (χ1v) is 12.9. The summed E-state index contributed by atoms with van der Waals surface area (Å²) in [4.78, 5) is 56.0. The molecule has 0 atom stereocenters. The number of nitrogens with zero attached hydrogens (tertiary/aromatic N) is 3. The fourth-order valence-corrected chi connectivity index (χ4v) is 2.76. The number of aliphatic hydroxyl groups excluding tert-OH is 7. The van der Waals surface area contributed by atoms with Gasteiger partial charge in [-0.25, -0.2) is 37.7 Å². The molecule has 19 nitrogen and oxygen atoms in total. The Labute approximate surface area is 250 Å². The third-order valence-corrected chi connectivity index (χ3v) is 4.68. The number of benzene rings is 1. The number of rotatable bonds is 16. The molecule has 44 heavy (non-hydrogen) atoms. The van der Waals surface area contributed by atoms with Gasteiger partial charge in [0.05, 0.1) is 103 Å². The molecule has 0 aliphatic rings. The molecule has 0 amide bonds. The molecule has 0 spiro atoms. The average molecular weight is 640 g/mol. The molecule has 1 aromatic carbocycles. The maximum Gasteiger partial charge on any atom is 0.336 e. The topological polar surface area (TPSA) is 301 Å². The van der Waals surface area contributed by atoms with Gasteiger partial charge in [0.15, 0.2) is 0 Å². The summed E-state index contributed by atoms with van der Waals surface area (Å²) in [6.07, 6.45) is 0. The second kappa shape index (κ2) is 26.8. The van der Waals surface area contributed by atoms with Gasteiger partial charge >= 0.3 is 29.0 Å². The van der Waals surface area contributed by atoms with E-state index in [2.05, 4.69) is 0 Å². The summed E-state index contributed by atoms with van der Waals surface area (Å²) in [5.74, 6) is -2.13. The summed E-state index contributed by atoms with van der Waals surface area (Å²) < 4.78 is 11.8. The van der Waals surface area contributed by atoms with Crippen molar-refractivity contribution < 1.29 is 65.0 Å². The van der Waals surface area contributed by atoms with Crippen molar-refractivity contribution in [2.75, 3.05) is 72.7 Å². The van der Waals surface area contributed by atoms with E-state index in [1.54, 1.807) is 0 Å². The Morgan fingerprint density at radius 1 is 0.477 bits per heavy atom. The number of carboxylic acids is 2. The lowest BCUT2D eigenvalue weighted by Crippen LogP contribution is -2.55. The van der Waals surface area contributed by atoms with E-state index in [4.69, 9.17) is 55.4 Å². The van der Waals surface area contributed by atoms with Gasteiger partial charge in [0, 0.05) is 0 Å². The van der Waals surface area contributed by atoms with E-state index in [0.29, 0.717) is 40.1 Å². The summed E-state index contributed by atoms with van der Waals surface area (Å²) in [7, 11) is 0. The van der Waals surface area contributed by atoms with Gasteiger partial charge in [0.2, 0.25) is 0 Å². The highest BCUT2D eigenvalue weighted by Gasteiger charge is 2.14. The second-order valence-electron chi connectivity index (χ2n) is 7.78. The van der Waals surface area contributed by atoms with E-state index >= 15 is 0 Å². The van der Waals surface area contributed by atoms with Crippen molar-refractivity contribution >= 4 is 11.9 Å². The van der Waals surface area contributed by atoms with Crippen LogP contribution >= 0.6 is 0 Å². The predicted octanol–water partition coefficient (Wildman–Crippen LogP) is -4.79. The van der Waals surface area contributed by atoms with Crippen LogP contribution in [-0.4, -0.2) is 144 Å². The van der Waals surface area contributed by atoms with Crippen LogP contribution in [0.5, 0.6) is 0 Å². The standard InChI is InChI=1S/C9H15N3O6.C8H6O4.C6H14O4.C2H6O2/c13-4-1-10-7(16)11(2-5-14)9(18)12(3-6-15)8(10)17;9-7(10)5-1-2-6(4-3-5)8(11)12;7-1-3-9-5-6-10-4-2-8;3-1-2-4/h13-15H,1-6H2;1-4H,(H,9,10)(H,11,12);7-8H,1-6H2;3-4H,1-2H2. The first kappa shape index (κ1) is 42.3. The molecule has 2 aromatic rings. The molecule has 0 aliphatic heterocycles. The van der Waals surface area contributed by atoms with Gasteiger partial charge in [0.25, 0.3) is 0 Å². The van der Waals surface area contributed by atoms with E-state index in [0.717, 1.165) is 0 Å². The van der Waals surface area contributed by atoms with E-state index < -0.39 is 48.8 Å². The van der Waals surface area contributed by atoms with Gasteiger partial charge < -0.3 is 55.4 Å². The lowest BCUT2D eigenvalue weighted by molar-refractivity contribution is 0.0222. The van der Waals surface area contributed by atoms with Crippen LogP contribution < -0.4 is 17.1 Å². The fourth-order valence-electron chi connectivity index (χ4n) is 2.76. The maximum atomic E-state index is 11.8. The van der Waals surface area contributed by atoms with Gasteiger partial charge in [-0.05, 0) is 24.3 Å². The number of aromatic nitrogens is 3. The van der Waals surface area contributed by atoms with Crippen molar-refractivity contribution in [3.05, 3.63) is 66.8 Å². The summed E-state index contributed by atoms with van der Waals surface area (Å²) in [6, 6.07) is 5.02. The highest BCUT2D eigenvalue weighted by Crippen LogP contribution is 2.03. The molecule has 0 radical (unpaired) electrons. The zero-order chi connectivity index (χ0) is 33.9. The number of ether oxygens (including phenoxy) is 2. The molecule has 0 saturated heterocycles. The second-order valence-corrected chi connectivity index (χ2v) is 7.78. The molecular weight excluding hydrogens is 598 g/mol. The number of hydrogen-bond acceptors (Lipinski definition) is 14. The third-order valence-electron chi connectivity index (χ3n) is 4.68. The maximum absolute atomic E-state index is 11.8. The third kappa shape index (κ3) is 17.4. The molecule has 0 saturated carbocycles. The minimum atomic E-state index is -1.06. The summed E-state index contributed by atoms with van der Waals surface area (Å²) in [5, 5.41) is 75.1. The molecule has 0 bridgehead atoms. The number of aromatic carboxylic acids is 2. The van der Waals surface area contributed by atoms with Crippen molar-refractivity contribution in [2.45, 2.75) is 19.6 Å². The van der Waals surface area contributed by atoms with Gasteiger partial charge in [-0.15, -0.1) is 0 Å². The Bertz CT molecular complexity index is 1070. The van der Waals surface area contributed by atoms with Crippen LogP contribution in [0.3, 0.4) is 0 Å². The Balaban J connectivity index is 0. The Morgan fingerprint density at radius 3 is 0.932 bits per heavy atom. The lowest BCUT2D eigenvalue weighted by atomic mass is 10.1. The van der Waals surface area contributed by atoms with E-state index in [9.17, 15) is 24.0 Å². The minimum Gasteiger partial charge on any atom is -0.478 e. The Kier molecular flexibility index (Phi) is 25.8. The monoisotopic (exact) mass is 639 g/mol. The van der Waals surface area contributed by atoms with Gasteiger partial charge in [-0.2, -0.15) is 0 Å². The minimum absolute atomic E-state index is 0.0417. The molecule has 2 rings (SSSR count). The van der Waals surface area contributed by atoms with Crippen molar-refractivity contribution in [3.63, 3.8) is 0 Å². The van der Waals surface area contributed by atoms with Gasteiger partial charge in [-0.3, -0.25) is 0 Å². The summed E-state index contributed by atoms with van der Waals surface area (Å²) in [6.45, 7) is -0.604. The molecule has 19 heteroatoms. The van der Waals surface area contributed by atoms with Crippen LogP contribution in [0.15, 0.2) is 38.6 Å². The smallest absolute Gasteiger partial charge is 0.336 e. The van der Waals surface area contributed by atoms with Crippen molar-refractivity contribution in [2.24, 2.45) is 0 Å². The highest BCUT2D eigenvalue weighted by atomic mass is 16.5. The highest BCUT2D eigenvalue weighted by molar-refractivity contribution is 5.91. The van der Waals surface area contributed by atoms with Crippen LogP contribution in [0.4, 0.5) is 0 Å². The molecule has 1 aromatic heterocycles. The zero-order valence-corrected chi connectivity index (χ0v) is 23.9. The van der Waals surface area contributed by atoms with Crippen molar-refractivity contribution in [1.82, 2.24) is 13.7 Å². The first-order chi connectivity index (χ1) is 21.0. The van der Waals surface area contributed by atoms with Gasteiger partial charge in [0.1, 0.15) is 0 Å². The Hall–Kier alpha value is -3.79. The normalized spacial score (nSPS) is 9.98. The Morgan fingerprint density at radius 2 is 0.750 bits per heavy atom. The molecular formula is C25H41N3O16. The van der Waals surface area contributed by atoms with Crippen LogP contribution in [0.2, 0.25) is 0 Å². The van der Waals surface area contributed by atoms with Crippen molar-refractivity contribution in [3.8, 4) is 0 Å². The van der Waals surface area contributed by atoms with Crippen LogP contribution in [0.25, 0.3) is 0 Å². The molecule has 0 aliphatic carbocycles. The van der Waals surface area contributed by atoms with Crippen LogP contribution in [-0.2, 0) is 29.1 Å². The van der Waals surface area contributed by atoms with Crippen molar-refractivity contribution in [1.29, 1.82) is 0 Å². The van der Waals surface area contributed by atoms with E-state index in [-0.39, 0.29) is 57.2 Å². The lowest BCUT2D eigenvalue weighted by Gasteiger charge is -2.11. The largest absolute Gasteiger partial charge is 0.478 e. The van der Waals surface area contributed by atoms with E-state index in [1.165, 1.54) is 24.3 Å². The number of hydrogen-bond donors (Lipinski definition) is 9. The summed E-state index contributed by atoms with van der Waals surface area (Å²) in [5.41, 5.74) is -2.49. The number of aliphatic hydroxyl groups is 7. The van der Waals surface area contributed by atoms with E-state index in [1.807, 2.05) is 0 Å². The molecule has 252 valence electrons. The SMILES string of the molecule is O=C(O)c1ccc(C(=O)O)cc1.O=c1n(CCO)c(=O)n(CCO)c(=O)n1CCO.OCCO.OCCOCCOCCO. The zero-order valence-electron chi connectivity index (χ0n) is 23.9. The number of carbonyl (C=O) groups is 2. The number of carboxylic acid groups (broad SMARTS) is 2. The van der Waals surface area contributed by atoms with Gasteiger partial charge in [-0.1, -0.05) is 0 Å². The fraction of sp³-hybridized carbons (Fsp3) is 0.560. The molecule has 0 unspecified atom stereocenters. The first-order valence-electron chi connectivity index (χ1n) is 12.9. The molecule has 9 N–H and O–H groups in total. The summed E-state index contributed by atoms with van der Waals surface area (Å²) >= 11 is 0. The molecule has 1 heterocycles.